The highest BCUT2D eigenvalue weighted by Crippen LogP contribution is 2.24. The second-order valence-corrected chi connectivity index (χ2v) is 4.95. The van der Waals surface area contributed by atoms with Crippen molar-refractivity contribution in [3.63, 3.8) is 0 Å². The maximum Gasteiger partial charge on any atom is 0.303 e. The number of hydrogen-bond acceptors (Lipinski definition) is 4. The van der Waals surface area contributed by atoms with E-state index < -0.39 is 29.3 Å². The zero-order chi connectivity index (χ0) is 16.3. The lowest BCUT2D eigenvalue weighted by Crippen LogP contribution is -2.20. The molecule has 0 bridgehead atoms. The molecule has 0 aliphatic carbocycles. The summed E-state index contributed by atoms with van der Waals surface area (Å²) in [7, 11) is 0. The minimum absolute atomic E-state index is 0.0632. The van der Waals surface area contributed by atoms with Crippen LogP contribution < -0.4 is 0 Å². The molecule has 0 aliphatic rings. The third-order valence-electron chi connectivity index (χ3n) is 2.04. The lowest BCUT2D eigenvalue weighted by Gasteiger charge is -2.18. The third kappa shape index (κ3) is 18.3. The molecule has 0 aliphatic heterocycles. The zero-order valence-electron chi connectivity index (χ0n) is 11.5. The van der Waals surface area contributed by atoms with Crippen LogP contribution in [0.25, 0.3) is 0 Å². The number of rotatable bonds is 8. The molecule has 8 heteroatoms. The third-order valence-corrected chi connectivity index (χ3v) is 2.04. The molecule has 0 unspecified atom stereocenters. The number of carboxylic acid groups (broad SMARTS) is 4. The van der Waals surface area contributed by atoms with E-state index in [1.54, 1.807) is 13.8 Å². The van der Waals surface area contributed by atoms with Gasteiger partial charge >= 0.3 is 23.9 Å². The Kier molecular flexibility index (Phi) is 9.86. The molecule has 0 radical (unpaired) electrons. The first kappa shape index (κ1) is 20.2. The van der Waals surface area contributed by atoms with Crippen LogP contribution in [0, 0.1) is 5.41 Å². The van der Waals surface area contributed by atoms with Crippen molar-refractivity contribution in [3.8, 4) is 0 Å². The summed E-state index contributed by atoms with van der Waals surface area (Å²) < 4.78 is 0. The van der Waals surface area contributed by atoms with Gasteiger partial charge in [0.15, 0.2) is 0 Å². The summed E-state index contributed by atoms with van der Waals surface area (Å²) in [6, 6.07) is 0. The van der Waals surface area contributed by atoms with E-state index in [1.807, 2.05) is 0 Å². The van der Waals surface area contributed by atoms with Gasteiger partial charge in [0.05, 0.1) is 12.8 Å². The monoisotopic (exact) mass is 292 g/mol. The molecule has 0 aromatic heterocycles. The molecule has 4 N–H and O–H groups in total. The highest BCUT2D eigenvalue weighted by molar-refractivity contribution is 5.71. The molecular weight excluding hydrogens is 272 g/mol. The summed E-state index contributed by atoms with van der Waals surface area (Å²) >= 11 is 0. The standard InChI is InChI=1S/C7H12O4.C5H8O4/c1-7(2,3-5(8)9)4-6(10)11;6-4(7)2-1-3-5(8)9/h3-4H2,1-2H3,(H,8,9)(H,10,11);1-3H2,(H,6,7)(H,8,9). The van der Waals surface area contributed by atoms with Crippen LogP contribution in [-0.2, 0) is 19.2 Å². The Bertz CT molecular complexity index is 326. The molecule has 0 spiro atoms. The fourth-order valence-electron chi connectivity index (χ4n) is 1.27. The van der Waals surface area contributed by atoms with Gasteiger partial charge in [-0.1, -0.05) is 13.8 Å². The van der Waals surface area contributed by atoms with Crippen molar-refractivity contribution in [1.82, 2.24) is 0 Å². The van der Waals surface area contributed by atoms with Gasteiger partial charge in [-0.25, -0.2) is 0 Å². The molecule has 0 amide bonds. The van der Waals surface area contributed by atoms with Crippen LogP contribution in [0.4, 0.5) is 0 Å². The van der Waals surface area contributed by atoms with E-state index in [-0.39, 0.29) is 32.1 Å². The predicted molar refractivity (Wildman–Crippen MR) is 67.4 cm³/mol. The highest BCUT2D eigenvalue weighted by atomic mass is 16.4. The Hall–Kier alpha value is -2.12. The summed E-state index contributed by atoms with van der Waals surface area (Å²) in [6.45, 7) is 3.24. The Morgan fingerprint density at radius 2 is 1.00 bits per heavy atom. The molecule has 116 valence electrons. The molecular formula is C12H20O8. The van der Waals surface area contributed by atoms with Crippen LogP contribution in [0.2, 0.25) is 0 Å². The second kappa shape index (κ2) is 9.76. The zero-order valence-corrected chi connectivity index (χ0v) is 11.5. The average molecular weight is 292 g/mol. The van der Waals surface area contributed by atoms with Crippen molar-refractivity contribution in [2.45, 2.75) is 46.0 Å². The number of hydrogen-bond donors (Lipinski definition) is 4. The van der Waals surface area contributed by atoms with Gasteiger partial charge in [0.2, 0.25) is 0 Å². The molecule has 0 atom stereocenters. The largest absolute Gasteiger partial charge is 0.481 e. The summed E-state index contributed by atoms with van der Waals surface area (Å²) in [4.78, 5) is 40.0. The molecule has 0 aromatic carbocycles. The van der Waals surface area contributed by atoms with Gasteiger partial charge in [-0.15, -0.1) is 0 Å². The van der Waals surface area contributed by atoms with Gasteiger partial charge in [-0.05, 0) is 11.8 Å². The Labute approximate surface area is 116 Å². The van der Waals surface area contributed by atoms with Gasteiger partial charge in [-0.3, -0.25) is 19.2 Å². The van der Waals surface area contributed by atoms with Crippen LogP contribution in [0.3, 0.4) is 0 Å². The lowest BCUT2D eigenvalue weighted by atomic mass is 9.86. The predicted octanol–water partition coefficient (Wildman–Crippen LogP) is 1.29. The summed E-state index contributed by atoms with van der Waals surface area (Å²) in [6.07, 6.45) is -0.137. The fraction of sp³-hybridized carbons (Fsp3) is 0.667. The number of carbonyl (C=O) groups is 4. The minimum Gasteiger partial charge on any atom is -0.481 e. The minimum atomic E-state index is -0.962. The van der Waals surface area contributed by atoms with E-state index in [0.29, 0.717) is 0 Å². The lowest BCUT2D eigenvalue weighted by molar-refractivity contribution is -0.143. The van der Waals surface area contributed by atoms with Gasteiger partial charge in [0, 0.05) is 12.8 Å². The quantitative estimate of drug-likeness (QED) is 0.522. The number of aliphatic carboxylic acids is 4. The summed E-state index contributed by atoms with van der Waals surface area (Å²) in [5.41, 5.74) is -0.655. The molecule has 0 rings (SSSR count). The summed E-state index contributed by atoms with van der Waals surface area (Å²) in [5.74, 6) is -3.82. The molecule has 0 saturated carbocycles. The van der Waals surface area contributed by atoms with Crippen molar-refractivity contribution >= 4 is 23.9 Å². The first-order valence-corrected chi connectivity index (χ1v) is 5.83. The molecule has 0 aromatic rings. The first-order valence-electron chi connectivity index (χ1n) is 5.83. The summed E-state index contributed by atoms with van der Waals surface area (Å²) in [5, 5.41) is 32.8. The SMILES string of the molecule is CC(C)(CC(=O)O)CC(=O)O.O=C(O)CCCC(=O)O. The van der Waals surface area contributed by atoms with E-state index in [2.05, 4.69) is 0 Å². The van der Waals surface area contributed by atoms with Gasteiger partial charge in [-0.2, -0.15) is 0 Å². The maximum absolute atomic E-state index is 10.2. The normalized spacial score (nSPS) is 10.1. The van der Waals surface area contributed by atoms with E-state index in [9.17, 15) is 19.2 Å². The molecule has 0 heterocycles. The smallest absolute Gasteiger partial charge is 0.303 e. The van der Waals surface area contributed by atoms with Crippen molar-refractivity contribution in [1.29, 1.82) is 0 Å². The average Bonchev–Trinajstić information content (AvgIpc) is 2.11. The molecule has 8 nitrogen and oxygen atoms in total. The first-order chi connectivity index (χ1) is 8.96. The van der Waals surface area contributed by atoms with Crippen molar-refractivity contribution < 1.29 is 39.6 Å². The Morgan fingerprint density at radius 1 is 0.700 bits per heavy atom. The van der Waals surface area contributed by atoms with Crippen LogP contribution >= 0.6 is 0 Å². The Morgan fingerprint density at radius 3 is 1.20 bits per heavy atom. The fourth-order valence-corrected chi connectivity index (χ4v) is 1.27. The van der Waals surface area contributed by atoms with Crippen molar-refractivity contribution in [3.05, 3.63) is 0 Å². The molecule has 20 heavy (non-hydrogen) atoms. The molecule has 0 fully saturated rings. The van der Waals surface area contributed by atoms with Crippen LogP contribution in [0.15, 0.2) is 0 Å². The van der Waals surface area contributed by atoms with E-state index in [0.717, 1.165) is 0 Å². The van der Waals surface area contributed by atoms with Gasteiger partial charge in [0.25, 0.3) is 0 Å². The van der Waals surface area contributed by atoms with Gasteiger partial charge in [0.1, 0.15) is 0 Å². The van der Waals surface area contributed by atoms with Crippen LogP contribution in [0.5, 0.6) is 0 Å². The topological polar surface area (TPSA) is 149 Å². The highest BCUT2D eigenvalue weighted by Gasteiger charge is 2.24. The number of carboxylic acids is 4. The van der Waals surface area contributed by atoms with Crippen molar-refractivity contribution in [2.75, 3.05) is 0 Å². The van der Waals surface area contributed by atoms with E-state index >= 15 is 0 Å². The van der Waals surface area contributed by atoms with Crippen molar-refractivity contribution in [2.24, 2.45) is 5.41 Å². The van der Waals surface area contributed by atoms with E-state index in [1.165, 1.54) is 0 Å². The van der Waals surface area contributed by atoms with Crippen LogP contribution in [-0.4, -0.2) is 44.3 Å². The molecule has 0 saturated heterocycles. The van der Waals surface area contributed by atoms with E-state index in [4.69, 9.17) is 20.4 Å². The Balaban J connectivity index is 0. The second-order valence-electron chi connectivity index (χ2n) is 4.95. The van der Waals surface area contributed by atoms with Gasteiger partial charge < -0.3 is 20.4 Å². The van der Waals surface area contributed by atoms with Crippen LogP contribution in [0.1, 0.15) is 46.0 Å². The maximum atomic E-state index is 10.2.